The zero-order chi connectivity index (χ0) is 21.3. The average molecular weight is 408 g/mol. The summed E-state index contributed by atoms with van der Waals surface area (Å²) in [5, 5.41) is 20.8. The lowest BCUT2D eigenvalue weighted by Crippen LogP contribution is -2.11. The van der Waals surface area contributed by atoms with Crippen molar-refractivity contribution in [3.8, 4) is 12.0 Å². The van der Waals surface area contributed by atoms with Crippen LogP contribution in [0.15, 0.2) is 42.5 Å². The van der Waals surface area contributed by atoms with Gasteiger partial charge in [-0.1, -0.05) is 18.2 Å². The summed E-state index contributed by atoms with van der Waals surface area (Å²) in [5.74, 6) is -0.823. The number of methoxy groups -OCH3 is 1. The van der Waals surface area contributed by atoms with Gasteiger partial charge in [-0.25, -0.2) is 13.8 Å². The smallest absolute Gasteiger partial charge is 0.337 e. The number of aromatic carboxylic acids is 1. The number of aromatic nitrogens is 5. The van der Waals surface area contributed by atoms with Crippen LogP contribution in [-0.2, 0) is 6.54 Å². The number of para-hydroxylation sites is 1. The lowest BCUT2D eigenvalue weighted by molar-refractivity contribution is 0.0699. The van der Waals surface area contributed by atoms with Crippen LogP contribution in [0.2, 0.25) is 0 Å². The van der Waals surface area contributed by atoms with Crippen LogP contribution in [-0.4, -0.2) is 42.9 Å². The fourth-order valence-electron chi connectivity index (χ4n) is 3.05. The summed E-state index contributed by atoms with van der Waals surface area (Å²) in [7, 11) is 1.42. The summed E-state index contributed by atoms with van der Waals surface area (Å²) in [6.45, 7) is 2.07. The van der Waals surface area contributed by atoms with Crippen LogP contribution < -0.4 is 10.1 Å². The van der Waals surface area contributed by atoms with Crippen LogP contribution in [0, 0.1) is 12.7 Å². The summed E-state index contributed by atoms with van der Waals surface area (Å²) < 4.78 is 20.2. The third-order valence-electron chi connectivity index (χ3n) is 4.46. The lowest BCUT2D eigenvalue weighted by atomic mass is 10.2. The standard InChI is InChI=1S/C20H17FN6O3/c1-11-17(22-10-12-5-3-6-13(21)9-12)24-19(26-25-11)27-15-8-4-7-14(18(28)29)16(15)23-20(27)30-2/h3-9H,10H2,1-2H3,(H,28,29)(H,22,24,26). The van der Waals surface area contributed by atoms with E-state index in [9.17, 15) is 14.3 Å². The van der Waals surface area contributed by atoms with E-state index in [0.717, 1.165) is 5.56 Å². The quantitative estimate of drug-likeness (QED) is 0.500. The van der Waals surface area contributed by atoms with Crippen molar-refractivity contribution in [3.05, 3.63) is 65.1 Å². The Morgan fingerprint density at radius 3 is 2.73 bits per heavy atom. The predicted molar refractivity (Wildman–Crippen MR) is 106 cm³/mol. The van der Waals surface area contributed by atoms with Crippen LogP contribution in [0.1, 0.15) is 21.6 Å². The molecule has 2 N–H and O–H groups in total. The molecule has 0 atom stereocenters. The molecule has 0 aliphatic rings. The molecule has 2 aromatic carbocycles. The monoisotopic (exact) mass is 408 g/mol. The first-order valence-electron chi connectivity index (χ1n) is 8.96. The number of carboxylic acids is 1. The minimum Gasteiger partial charge on any atom is -0.478 e. The molecule has 0 unspecified atom stereocenters. The maximum atomic E-state index is 13.4. The third-order valence-corrected chi connectivity index (χ3v) is 4.46. The molecule has 2 aromatic heterocycles. The van der Waals surface area contributed by atoms with E-state index in [4.69, 9.17) is 4.74 Å². The first-order chi connectivity index (χ1) is 14.5. The number of benzene rings is 2. The van der Waals surface area contributed by atoms with Crippen LogP contribution in [0.25, 0.3) is 17.0 Å². The molecule has 0 fully saturated rings. The number of anilines is 1. The fourth-order valence-corrected chi connectivity index (χ4v) is 3.05. The first-order valence-corrected chi connectivity index (χ1v) is 8.96. The first kappa shape index (κ1) is 19.2. The average Bonchev–Trinajstić information content (AvgIpc) is 3.12. The summed E-state index contributed by atoms with van der Waals surface area (Å²) in [5.41, 5.74) is 2.04. The molecule has 0 radical (unpaired) electrons. The summed E-state index contributed by atoms with van der Waals surface area (Å²) in [6.07, 6.45) is 0. The van der Waals surface area contributed by atoms with Gasteiger partial charge in [0.25, 0.3) is 5.95 Å². The maximum absolute atomic E-state index is 13.4. The van der Waals surface area contributed by atoms with Crippen molar-refractivity contribution < 1.29 is 19.0 Å². The highest BCUT2D eigenvalue weighted by atomic mass is 19.1. The van der Waals surface area contributed by atoms with Gasteiger partial charge >= 0.3 is 12.0 Å². The van der Waals surface area contributed by atoms with Crippen molar-refractivity contribution in [2.75, 3.05) is 12.4 Å². The summed E-state index contributed by atoms with van der Waals surface area (Å²) >= 11 is 0. The second kappa shape index (κ2) is 7.74. The Morgan fingerprint density at radius 2 is 2.00 bits per heavy atom. The minimum absolute atomic E-state index is 0.0362. The van der Waals surface area contributed by atoms with Gasteiger partial charge in [-0.05, 0) is 36.8 Å². The fraction of sp³-hybridized carbons (Fsp3) is 0.150. The van der Waals surface area contributed by atoms with Crippen molar-refractivity contribution in [3.63, 3.8) is 0 Å². The molecule has 4 aromatic rings. The molecule has 10 heteroatoms. The minimum atomic E-state index is -1.10. The molecule has 4 rings (SSSR count). The molecule has 9 nitrogen and oxygen atoms in total. The van der Waals surface area contributed by atoms with Gasteiger partial charge in [0.05, 0.1) is 18.2 Å². The second-order valence-electron chi connectivity index (χ2n) is 6.44. The van der Waals surface area contributed by atoms with E-state index >= 15 is 0 Å². The van der Waals surface area contributed by atoms with Gasteiger partial charge in [0, 0.05) is 6.54 Å². The number of aryl methyl sites for hydroxylation is 1. The van der Waals surface area contributed by atoms with Crippen LogP contribution in [0.3, 0.4) is 0 Å². The molecule has 0 saturated heterocycles. The van der Waals surface area contributed by atoms with Gasteiger partial charge in [-0.15, -0.1) is 10.2 Å². The topological polar surface area (TPSA) is 115 Å². The van der Waals surface area contributed by atoms with E-state index in [-0.39, 0.29) is 28.9 Å². The largest absolute Gasteiger partial charge is 0.478 e. The Balaban J connectivity index is 1.76. The molecule has 0 spiro atoms. The molecule has 0 aliphatic carbocycles. The number of hydrogen-bond acceptors (Lipinski definition) is 7. The highest BCUT2D eigenvalue weighted by molar-refractivity contribution is 6.01. The van der Waals surface area contributed by atoms with Gasteiger partial charge < -0.3 is 15.2 Å². The number of carboxylic acid groups (broad SMARTS) is 1. The Hall–Kier alpha value is -4.08. The molecule has 0 saturated carbocycles. The number of nitrogens with one attached hydrogen (secondary N) is 1. The van der Waals surface area contributed by atoms with Gasteiger partial charge in [0.1, 0.15) is 17.0 Å². The van der Waals surface area contributed by atoms with E-state index in [1.807, 2.05) is 0 Å². The SMILES string of the molecule is COc1nc2c(C(=O)O)cccc2n1-c1nnc(C)c(NCc2cccc(F)c2)n1. The van der Waals surface area contributed by atoms with Crippen molar-refractivity contribution in [2.24, 2.45) is 0 Å². The van der Waals surface area contributed by atoms with E-state index in [1.165, 1.54) is 29.9 Å². The van der Waals surface area contributed by atoms with Crippen molar-refractivity contribution in [1.29, 1.82) is 0 Å². The normalized spacial score (nSPS) is 10.9. The number of rotatable bonds is 6. The van der Waals surface area contributed by atoms with E-state index in [1.54, 1.807) is 31.2 Å². The number of imidazole rings is 1. The summed E-state index contributed by atoms with van der Waals surface area (Å²) in [6, 6.07) is 11.1. The number of carbonyl (C=O) groups is 1. The molecule has 0 bridgehead atoms. The van der Waals surface area contributed by atoms with Gasteiger partial charge in [0.15, 0.2) is 5.82 Å². The Morgan fingerprint density at radius 1 is 1.20 bits per heavy atom. The highest BCUT2D eigenvalue weighted by Crippen LogP contribution is 2.27. The van der Waals surface area contributed by atoms with Crippen molar-refractivity contribution >= 4 is 22.8 Å². The Labute approximate surface area is 170 Å². The molecule has 0 aliphatic heterocycles. The van der Waals surface area contributed by atoms with E-state index in [2.05, 4.69) is 25.5 Å². The number of nitrogens with zero attached hydrogens (tertiary/aromatic N) is 5. The third kappa shape index (κ3) is 3.50. The van der Waals surface area contributed by atoms with Crippen LogP contribution in [0.4, 0.5) is 10.2 Å². The van der Waals surface area contributed by atoms with Crippen LogP contribution in [0.5, 0.6) is 6.01 Å². The Kier molecular flexibility index (Phi) is 4.97. The second-order valence-corrected chi connectivity index (χ2v) is 6.44. The van der Waals surface area contributed by atoms with Gasteiger partial charge in [-0.3, -0.25) is 0 Å². The zero-order valence-electron chi connectivity index (χ0n) is 16.1. The number of hydrogen-bond donors (Lipinski definition) is 2. The van der Waals surface area contributed by atoms with Gasteiger partial charge in [-0.2, -0.15) is 9.97 Å². The molecular formula is C20H17FN6O3. The summed E-state index contributed by atoms with van der Waals surface area (Å²) in [4.78, 5) is 20.3. The zero-order valence-corrected chi connectivity index (χ0v) is 16.1. The molecule has 0 amide bonds. The molecule has 152 valence electrons. The maximum Gasteiger partial charge on any atom is 0.337 e. The predicted octanol–water partition coefficient (Wildman–Crippen LogP) is 2.98. The molecular weight excluding hydrogens is 391 g/mol. The Bertz CT molecular complexity index is 1260. The number of halogens is 1. The molecule has 30 heavy (non-hydrogen) atoms. The number of fused-ring (bicyclic) bond motifs is 1. The van der Waals surface area contributed by atoms with Crippen LogP contribution >= 0.6 is 0 Å². The van der Waals surface area contributed by atoms with Gasteiger partial charge in [0.2, 0.25) is 0 Å². The lowest BCUT2D eigenvalue weighted by Gasteiger charge is -2.11. The van der Waals surface area contributed by atoms with Crippen molar-refractivity contribution in [2.45, 2.75) is 13.5 Å². The highest BCUT2D eigenvalue weighted by Gasteiger charge is 2.21. The molecule has 2 heterocycles. The van der Waals surface area contributed by atoms with E-state index < -0.39 is 5.97 Å². The number of ether oxygens (including phenoxy) is 1. The van der Waals surface area contributed by atoms with E-state index in [0.29, 0.717) is 23.6 Å². The van der Waals surface area contributed by atoms with Crippen molar-refractivity contribution in [1.82, 2.24) is 24.7 Å².